The highest BCUT2D eigenvalue weighted by Crippen LogP contribution is 2.30. The van der Waals surface area contributed by atoms with E-state index >= 15 is 0 Å². The van der Waals surface area contributed by atoms with Crippen LogP contribution in [0.15, 0.2) is 35.5 Å². The molecule has 0 atom stereocenters. The predicted octanol–water partition coefficient (Wildman–Crippen LogP) is 2.07. The van der Waals surface area contributed by atoms with Crippen molar-refractivity contribution in [3.05, 3.63) is 31.1 Å². The third kappa shape index (κ3) is 5.28. The van der Waals surface area contributed by atoms with Crippen LogP contribution in [0.5, 0.6) is 0 Å². The van der Waals surface area contributed by atoms with Crippen molar-refractivity contribution in [1.82, 2.24) is 45.1 Å². The second-order valence-corrected chi connectivity index (χ2v) is 8.81. The number of nitrogens with one attached hydrogen (secondary N) is 2. The third-order valence-corrected chi connectivity index (χ3v) is 6.02. The quantitative estimate of drug-likeness (QED) is 0.337. The summed E-state index contributed by atoms with van der Waals surface area (Å²) < 4.78 is 12.4. The maximum absolute atomic E-state index is 12.4. The van der Waals surface area contributed by atoms with Crippen molar-refractivity contribution in [2.45, 2.75) is 19.9 Å². The molecule has 0 spiro atoms. The summed E-state index contributed by atoms with van der Waals surface area (Å²) in [4.78, 5) is 30.0. The average Bonchev–Trinajstić information content (AvgIpc) is 3.59. The highest BCUT2D eigenvalue weighted by atomic mass is 16.5. The summed E-state index contributed by atoms with van der Waals surface area (Å²) in [6.07, 6.45) is 6.50. The van der Waals surface area contributed by atoms with Crippen molar-refractivity contribution in [2.24, 2.45) is 0 Å². The molecule has 4 aromatic heterocycles. The monoisotopic (exact) mass is 507 g/mol. The number of anilines is 3. The number of pyridine rings is 1. The Bertz CT molecular complexity index is 1350. The molecule has 14 nitrogen and oxygen atoms in total. The molecule has 37 heavy (non-hydrogen) atoms. The predicted molar refractivity (Wildman–Crippen MR) is 136 cm³/mol. The van der Waals surface area contributed by atoms with Gasteiger partial charge < -0.3 is 29.6 Å². The highest BCUT2D eigenvalue weighted by molar-refractivity contribution is 5.81. The largest absolute Gasteiger partial charge is 0.423 e. The number of hydrogen-bond donors (Lipinski definition) is 2. The number of carbonyl (C=O) groups is 1. The normalized spacial score (nSPS) is 13.9. The molecule has 0 aromatic carbocycles. The number of nitrogens with zero attached hydrogens (tertiary/aromatic N) is 9. The number of urea groups is 1. The van der Waals surface area contributed by atoms with Crippen LogP contribution in [0.2, 0.25) is 0 Å². The molecule has 5 heterocycles. The lowest BCUT2D eigenvalue weighted by Crippen LogP contribution is -2.52. The van der Waals surface area contributed by atoms with Gasteiger partial charge in [-0.3, -0.25) is 4.68 Å². The Kier molecular flexibility index (Phi) is 7.07. The van der Waals surface area contributed by atoms with Gasteiger partial charge in [0, 0.05) is 69.7 Å². The second-order valence-electron chi connectivity index (χ2n) is 8.81. The number of fused-ring (bicyclic) bond motifs is 1. The van der Waals surface area contributed by atoms with E-state index in [1.165, 1.54) is 6.39 Å². The van der Waals surface area contributed by atoms with Crippen LogP contribution >= 0.6 is 0 Å². The van der Waals surface area contributed by atoms with E-state index in [9.17, 15) is 4.79 Å². The van der Waals surface area contributed by atoms with Crippen molar-refractivity contribution in [3.8, 4) is 11.5 Å². The molecule has 0 unspecified atom stereocenters. The Morgan fingerprint density at radius 2 is 2.00 bits per heavy atom. The van der Waals surface area contributed by atoms with Gasteiger partial charge in [-0.05, 0) is 13.8 Å². The van der Waals surface area contributed by atoms with E-state index in [0.29, 0.717) is 68.4 Å². The van der Waals surface area contributed by atoms with Crippen molar-refractivity contribution >= 4 is 34.5 Å². The summed E-state index contributed by atoms with van der Waals surface area (Å²) in [6.45, 7) is 7.31. The Morgan fingerprint density at radius 3 is 2.73 bits per heavy atom. The summed E-state index contributed by atoms with van der Waals surface area (Å²) in [5, 5.41) is 19.3. The lowest BCUT2D eigenvalue weighted by atomic mass is 10.2. The molecule has 4 aromatic rings. The molecule has 1 aliphatic rings. The minimum atomic E-state index is -0.110. The average molecular weight is 508 g/mol. The van der Waals surface area contributed by atoms with Crippen LogP contribution < -0.4 is 15.5 Å². The fourth-order valence-electron chi connectivity index (χ4n) is 4.14. The number of carbonyl (C=O) groups excluding carboxylic acids is 1. The first kappa shape index (κ1) is 24.4. The molecule has 1 fully saturated rings. The standard InChI is InChI=1S/C23H29N11O3/c1-15(2)34-18-10-19(25-11-16(18)12-28-34)29-22-26-13-17(21-31-27-14-37-21)20(30-22)32-5-7-33(8-6-32)23(35)24-4-9-36-3/h10-15H,4-9H2,1-3H3,(H,24,35)(H,25,26,29,30). The van der Waals surface area contributed by atoms with E-state index in [-0.39, 0.29) is 12.1 Å². The summed E-state index contributed by atoms with van der Waals surface area (Å²) in [5.74, 6) is 1.93. The third-order valence-electron chi connectivity index (χ3n) is 6.02. The molecule has 2 amide bonds. The number of hydrogen-bond acceptors (Lipinski definition) is 11. The molecule has 0 bridgehead atoms. The van der Waals surface area contributed by atoms with Gasteiger partial charge >= 0.3 is 6.03 Å². The van der Waals surface area contributed by atoms with Gasteiger partial charge in [0.2, 0.25) is 12.3 Å². The van der Waals surface area contributed by atoms with Crippen LogP contribution in [0.4, 0.5) is 22.4 Å². The van der Waals surface area contributed by atoms with E-state index in [2.05, 4.69) is 54.6 Å². The van der Waals surface area contributed by atoms with Crippen LogP contribution in [0.25, 0.3) is 22.4 Å². The van der Waals surface area contributed by atoms with Gasteiger partial charge in [-0.1, -0.05) is 0 Å². The first-order valence-corrected chi connectivity index (χ1v) is 12.0. The lowest BCUT2D eigenvalue weighted by molar-refractivity contribution is 0.177. The van der Waals surface area contributed by atoms with Crippen molar-refractivity contribution in [2.75, 3.05) is 56.7 Å². The van der Waals surface area contributed by atoms with Crippen molar-refractivity contribution < 1.29 is 13.9 Å². The minimum Gasteiger partial charge on any atom is -0.423 e. The van der Waals surface area contributed by atoms with Crippen LogP contribution in [0, 0.1) is 0 Å². The first-order chi connectivity index (χ1) is 18.0. The molecular formula is C23H29N11O3. The Hall–Kier alpha value is -4.33. The smallest absolute Gasteiger partial charge is 0.317 e. The minimum absolute atomic E-state index is 0.110. The van der Waals surface area contributed by atoms with Crippen LogP contribution in [0.3, 0.4) is 0 Å². The van der Waals surface area contributed by atoms with Crippen LogP contribution in [-0.2, 0) is 4.74 Å². The molecule has 0 aliphatic carbocycles. The molecule has 5 rings (SSSR count). The number of methoxy groups -OCH3 is 1. The van der Waals surface area contributed by atoms with E-state index in [1.54, 1.807) is 30.6 Å². The summed E-state index contributed by atoms with van der Waals surface area (Å²) in [6, 6.07) is 2.03. The van der Waals surface area contributed by atoms with Crippen molar-refractivity contribution in [3.63, 3.8) is 0 Å². The molecule has 2 N–H and O–H groups in total. The van der Waals surface area contributed by atoms with E-state index < -0.39 is 0 Å². The maximum Gasteiger partial charge on any atom is 0.317 e. The molecule has 1 saturated heterocycles. The molecule has 0 saturated carbocycles. The first-order valence-electron chi connectivity index (χ1n) is 12.0. The Labute approximate surface area is 213 Å². The maximum atomic E-state index is 12.4. The summed E-state index contributed by atoms with van der Waals surface area (Å²) >= 11 is 0. The number of amides is 2. The number of aromatic nitrogens is 7. The second kappa shape index (κ2) is 10.7. The zero-order valence-electron chi connectivity index (χ0n) is 21.0. The number of piperazine rings is 1. The van der Waals surface area contributed by atoms with Gasteiger partial charge in [-0.25, -0.2) is 14.8 Å². The van der Waals surface area contributed by atoms with E-state index in [1.807, 2.05) is 10.7 Å². The topological polar surface area (TPSA) is 152 Å². The molecule has 0 radical (unpaired) electrons. The molecular weight excluding hydrogens is 478 g/mol. The van der Waals surface area contributed by atoms with Gasteiger partial charge in [0.05, 0.1) is 23.9 Å². The fraction of sp³-hybridized carbons (Fsp3) is 0.435. The Balaban J connectivity index is 1.37. The molecule has 1 aliphatic heterocycles. The Morgan fingerprint density at radius 1 is 1.16 bits per heavy atom. The van der Waals surface area contributed by atoms with Gasteiger partial charge in [-0.2, -0.15) is 10.1 Å². The highest BCUT2D eigenvalue weighted by Gasteiger charge is 2.26. The molecule has 194 valence electrons. The van der Waals surface area contributed by atoms with Gasteiger partial charge in [0.1, 0.15) is 11.6 Å². The van der Waals surface area contributed by atoms with Gasteiger partial charge in [0.15, 0.2) is 0 Å². The lowest BCUT2D eigenvalue weighted by Gasteiger charge is -2.35. The fourth-order valence-corrected chi connectivity index (χ4v) is 4.14. The zero-order chi connectivity index (χ0) is 25.8. The summed E-state index contributed by atoms with van der Waals surface area (Å²) in [7, 11) is 1.60. The van der Waals surface area contributed by atoms with E-state index in [4.69, 9.17) is 14.1 Å². The van der Waals surface area contributed by atoms with Gasteiger partial charge in [-0.15, -0.1) is 10.2 Å². The molecule has 14 heteroatoms. The number of ether oxygens (including phenoxy) is 1. The zero-order valence-corrected chi connectivity index (χ0v) is 21.0. The SMILES string of the molecule is COCCNC(=O)N1CCN(c2nc(Nc3cc4c(cn3)cnn4C(C)C)ncc2-c2nnco2)CC1. The van der Waals surface area contributed by atoms with Crippen LogP contribution in [0.1, 0.15) is 19.9 Å². The number of rotatable bonds is 8. The van der Waals surface area contributed by atoms with Crippen molar-refractivity contribution in [1.29, 1.82) is 0 Å². The van der Waals surface area contributed by atoms with Gasteiger partial charge in [0.25, 0.3) is 5.89 Å². The van der Waals surface area contributed by atoms with Crippen LogP contribution in [-0.4, -0.2) is 92.3 Å². The van der Waals surface area contributed by atoms with E-state index in [0.717, 1.165) is 10.9 Å². The summed E-state index contributed by atoms with van der Waals surface area (Å²) in [5.41, 5.74) is 1.58.